The Balaban J connectivity index is 2.55. The molecule has 94 valence electrons. The molecule has 0 heterocycles. The topological polar surface area (TPSA) is 49.3 Å². The molecule has 0 bridgehead atoms. The zero-order valence-electron chi connectivity index (χ0n) is 10.6. The van der Waals surface area contributed by atoms with Gasteiger partial charge in [0.25, 0.3) is 0 Å². The van der Waals surface area contributed by atoms with Gasteiger partial charge < -0.3 is 10.4 Å². The van der Waals surface area contributed by atoms with Crippen LogP contribution in [0.3, 0.4) is 0 Å². The van der Waals surface area contributed by atoms with Gasteiger partial charge in [0.2, 0.25) is 0 Å². The van der Waals surface area contributed by atoms with Crippen LogP contribution in [0.5, 0.6) is 0 Å². The molecule has 0 aliphatic heterocycles. The van der Waals surface area contributed by atoms with Crippen LogP contribution in [-0.4, -0.2) is 24.2 Å². The van der Waals surface area contributed by atoms with E-state index in [2.05, 4.69) is 19.2 Å². The Hall–Kier alpha value is -0.570. The Morgan fingerprint density at radius 2 is 2.31 bits per heavy atom. The Labute approximate surface area is 98.6 Å². The van der Waals surface area contributed by atoms with Crippen molar-refractivity contribution >= 4 is 5.97 Å². The van der Waals surface area contributed by atoms with Crippen LogP contribution in [0.1, 0.15) is 52.4 Å². The highest BCUT2D eigenvalue weighted by atomic mass is 16.4. The molecule has 3 heteroatoms. The minimum atomic E-state index is -0.646. The summed E-state index contributed by atoms with van der Waals surface area (Å²) in [4.78, 5) is 11.0. The third kappa shape index (κ3) is 4.12. The van der Waals surface area contributed by atoms with Gasteiger partial charge in [-0.1, -0.05) is 26.7 Å². The third-order valence-electron chi connectivity index (χ3n) is 3.64. The monoisotopic (exact) mass is 227 g/mol. The molecule has 0 aromatic heterocycles. The van der Waals surface area contributed by atoms with Gasteiger partial charge in [-0.15, -0.1) is 0 Å². The van der Waals surface area contributed by atoms with E-state index >= 15 is 0 Å². The van der Waals surface area contributed by atoms with Crippen LogP contribution in [-0.2, 0) is 4.79 Å². The summed E-state index contributed by atoms with van der Waals surface area (Å²) in [5, 5.41) is 12.5. The summed E-state index contributed by atoms with van der Waals surface area (Å²) in [5.41, 5.74) is 0.0126. The van der Waals surface area contributed by atoms with Gasteiger partial charge in [-0.2, -0.15) is 0 Å². The van der Waals surface area contributed by atoms with Crippen LogP contribution in [0, 0.1) is 11.3 Å². The van der Waals surface area contributed by atoms with E-state index in [9.17, 15) is 4.79 Å². The van der Waals surface area contributed by atoms with Crippen molar-refractivity contribution in [2.75, 3.05) is 13.1 Å². The lowest BCUT2D eigenvalue weighted by Gasteiger charge is -2.39. The van der Waals surface area contributed by atoms with E-state index in [-0.39, 0.29) is 5.41 Å². The average molecular weight is 227 g/mol. The summed E-state index contributed by atoms with van der Waals surface area (Å²) in [6.45, 7) is 6.25. The number of aliphatic carboxylic acids is 1. The quantitative estimate of drug-likeness (QED) is 0.686. The third-order valence-corrected chi connectivity index (χ3v) is 3.64. The minimum absolute atomic E-state index is 0.0126. The first-order chi connectivity index (χ1) is 7.58. The van der Waals surface area contributed by atoms with E-state index in [1.54, 1.807) is 0 Å². The molecule has 1 rings (SSSR count). The molecule has 1 aliphatic rings. The second-order valence-electron chi connectivity index (χ2n) is 5.45. The van der Waals surface area contributed by atoms with E-state index in [0.29, 0.717) is 12.3 Å². The van der Waals surface area contributed by atoms with Crippen molar-refractivity contribution in [3.8, 4) is 0 Å². The number of nitrogens with one attached hydrogen (secondary N) is 1. The van der Waals surface area contributed by atoms with E-state index in [0.717, 1.165) is 32.4 Å². The molecule has 0 unspecified atom stereocenters. The van der Waals surface area contributed by atoms with Crippen LogP contribution in [0.4, 0.5) is 0 Å². The van der Waals surface area contributed by atoms with Crippen LogP contribution >= 0.6 is 0 Å². The molecule has 1 fully saturated rings. The standard InChI is InChI=1S/C13H25NO2/c1-3-7-14-10-13(9-12(15)16)6-4-5-11(2)8-13/h11,14H,3-10H2,1-2H3,(H,15,16)/t11-,13-/m1/s1. The number of rotatable bonds is 6. The van der Waals surface area contributed by atoms with Crippen LogP contribution in [0.2, 0.25) is 0 Å². The van der Waals surface area contributed by atoms with Gasteiger partial charge >= 0.3 is 5.97 Å². The van der Waals surface area contributed by atoms with Gasteiger partial charge in [0.15, 0.2) is 0 Å². The largest absolute Gasteiger partial charge is 0.481 e. The van der Waals surface area contributed by atoms with Crippen molar-refractivity contribution in [2.24, 2.45) is 11.3 Å². The molecular formula is C13H25NO2. The van der Waals surface area contributed by atoms with Gasteiger partial charge in [-0.3, -0.25) is 4.79 Å². The van der Waals surface area contributed by atoms with Crippen molar-refractivity contribution < 1.29 is 9.90 Å². The second kappa shape index (κ2) is 6.24. The van der Waals surface area contributed by atoms with Crippen molar-refractivity contribution in [3.05, 3.63) is 0 Å². The van der Waals surface area contributed by atoms with Crippen molar-refractivity contribution in [3.63, 3.8) is 0 Å². The summed E-state index contributed by atoms with van der Waals surface area (Å²) >= 11 is 0. The molecule has 1 aliphatic carbocycles. The Morgan fingerprint density at radius 1 is 1.56 bits per heavy atom. The fourth-order valence-corrected chi connectivity index (χ4v) is 3.00. The van der Waals surface area contributed by atoms with Gasteiger partial charge in [-0.05, 0) is 37.1 Å². The fourth-order valence-electron chi connectivity index (χ4n) is 3.00. The predicted molar refractivity (Wildman–Crippen MR) is 65.5 cm³/mol. The highest BCUT2D eigenvalue weighted by Crippen LogP contribution is 2.41. The van der Waals surface area contributed by atoms with E-state index < -0.39 is 5.97 Å². The smallest absolute Gasteiger partial charge is 0.303 e. The first-order valence-corrected chi connectivity index (χ1v) is 6.50. The number of carbonyl (C=O) groups is 1. The Kier molecular flexibility index (Phi) is 5.26. The molecule has 1 saturated carbocycles. The first-order valence-electron chi connectivity index (χ1n) is 6.50. The molecule has 16 heavy (non-hydrogen) atoms. The number of hydrogen-bond donors (Lipinski definition) is 2. The zero-order valence-corrected chi connectivity index (χ0v) is 10.6. The van der Waals surface area contributed by atoms with Crippen molar-refractivity contribution in [1.29, 1.82) is 0 Å². The molecule has 3 nitrogen and oxygen atoms in total. The molecule has 0 saturated heterocycles. The summed E-state index contributed by atoms with van der Waals surface area (Å²) in [5.74, 6) is 0.0314. The molecule has 0 spiro atoms. The lowest BCUT2D eigenvalue weighted by Crippen LogP contribution is -2.40. The predicted octanol–water partition coefficient (Wildman–Crippen LogP) is 2.66. The molecule has 0 amide bonds. The highest BCUT2D eigenvalue weighted by molar-refractivity contribution is 5.67. The van der Waals surface area contributed by atoms with Gasteiger partial charge in [0.05, 0.1) is 6.42 Å². The van der Waals surface area contributed by atoms with Crippen LogP contribution < -0.4 is 5.32 Å². The van der Waals surface area contributed by atoms with Crippen LogP contribution in [0.15, 0.2) is 0 Å². The minimum Gasteiger partial charge on any atom is -0.481 e. The summed E-state index contributed by atoms with van der Waals surface area (Å²) in [7, 11) is 0. The number of hydrogen-bond acceptors (Lipinski definition) is 2. The zero-order chi connectivity index (χ0) is 12.0. The lowest BCUT2D eigenvalue weighted by molar-refractivity contribution is -0.140. The fraction of sp³-hybridized carbons (Fsp3) is 0.923. The van der Waals surface area contributed by atoms with Gasteiger partial charge in [-0.25, -0.2) is 0 Å². The average Bonchev–Trinajstić information content (AvgIpc) is 2.16. The normalized spacial score (nSPS) is 30.2. The van der Waals surface area contributed by atoms with Crippen molar-refractivity contribution in [2.45, 2.75) is 52.4 Å². The van der Waals surface area contributed by atoms with E-state index in [4.69, 9.17) is 5.11 Å². The maximum absolute atomic E-state index is 11.0. The molecule has 0 aromatic carbocycles. The van der Waals surface area contributed by atoms with Gasteiger partial charge in [0.1, 0.15) is 0 Å². The van der Waals surface area contributed by atoms with Crippen molar-refractivity contribution in [1.82, 2.24) is 5.32 Å². The molecule has 0 radical (unpaired) electrons. The molecular weight excluding hydrogens is 202 g/mol. The SMILES string of the molecule is CCCNC[C@]1(CC(=O)O)CCC[C@@H](C)C1. The summed E-state index contributed by atoms with van der Waals surface area (Å²) in [6, 6.07) is 0. The second-order valence-corrected chi connectivity index (χ2v) is 5.45. The molecule has 2 N–H and O–H groups in total. The van der Waals surface area contributed by atoms with E-state index in [1.165, 1.54) is 12.8 Å². The van der Waals surface area contributed by atoms with Gasteiger partial charge in [0, 0.05) is 6.54 Å². The summed E-state index contributed by atoms with van der Waals surface area (Å²) in [6.07, 6.45) is 6.01. The lowest BCUT2D eigenvalue weighted by atomic mass is 9.68. The molecule has 0 aromatic rings. The number of carboxylic acids is 1. The van der Waals surface area contributed by atoms with E-state index in [1.807, 2.05) is 0 Å². The Bertz CT molecular complexity index is 230. The maximum atomic E-state index is 11.0. The maximum Gasteiger partial charge on any atom is 0.303 e. The first kappa shape index (κ1) is 13.5. The summed E-state index contributed by atoms with van der Waals surface area (Å²) < 4.78 is 0. The number of carboxylic acid groups (broad SMARTS) is 1. The van der Waals surface area contributed by atoms with Crippen LogP contribution in [0.25, 0.3) is 0 Å². The highest BCUT2D eigenvalue weighted by Gasteiger charge is 2.36. The molecule has 2 atom stereocenters. The Morgan fingerprint density at radius 3 is 2.88 bits per heavy atom.